The molecule has 1 heterocycles. The van der Waals surface area contributed by atoms with Crippen LogP contribution in [-0.2, 0) is 6.42 Å². The summed E-state index contributed by atoms with van der Waals surface area (Å²) in [5, 5.41) is 0.675. The average molecular weight is 282 g/mol. The fourth-order valence-corrected chi connectivity index (χ4v) is 3.01. The van der Waals surface area contributed by atoms with E-state index in [1.54, 1.807) is 18.4 Å². The predicted octanol–water partition coefficient (Wildman–Crippen LogP) is 4.02. The van der Waals surface area contributed by atoms with Crippen LogP contribution in [0.1, 0.15) is 28.3 Å². The lowest BCUT2D eigenvalue weighted by molar-refractivity contribution is 0.408. The molecule has 96 valence electrons. The Balaban J connectivity index is 2.38. The molecule has 2 nitrogen and oxygen atoms in total. The number of thiophene rings is 1. The van der Waals surface area contributed by atoms with Crippen molar-refractivity contribution in [3.63, 3.8) is 0 Å². The van der Waals surface area contributed by atoms with Crippen LogP contribution in [0.4, 0.5) is 0 Å². The summed E-state index contributed by atoms with van der Waals surface area (Å²) < 4.78 is 5.34. The number of hydrogen-bond donors (Lipinski definition) is 1. The summed E-state index contributed by atoms with van der Waals surface area (Å²) in [5.74, 6) is 0.776. The van der Waals surface area contributed by atoms with Gasteiger partial charge in [-0.1, -0.05) is 18.5 Å². The first kappa shape index (κ1) is 13.4. The molecule has 1 atom stereocenters. The fourth-order valence-electron chi connectivity index (χ4n) is 1.85. The molecule has 0 bridgehead atoms. The van der Waals surface area contributed by atoms with Crippen LogP contribution in [0.2, 0.25) is 5.02 Å². The number of aryl methyl sites for hydroxylation is 1. The molecule has 18 heavy (non-hydrogen) atoms. The number of hydrogen-bond acceptors (Lipinski definition) is 3. The monoisotopic (exact) mass is 281 g/mol. The van der Waals surface area contributed by atoms with Gasteiger partial charge in [-0.3, -0.25) is 0 Å². The van der Waals surface area contributed by atoms with Gasteiger partial charge in [0.05, 0.1) is 13.2 Å². The summed E-state index contributed by atoms with van der Waals surface area (Å²) in [5.41, 5.74) is 7.23. The highest BCUT2D eigenvalue weighted by Gasteiger charge is 2.16. The highest BCUT2D eigenvalue weighted by Crippen LogP contribution is 2.33. The minimum Gasteiger partial charge on any atom is -0.496 e. The van der Waals surface area contributed by atoms with E-state index in [1.165, 1.54) is 4.88 Å². The molecular weight excluding hydrogens is 266 g/mol. The zero-order chi connectivity index (χ0) is 13.1. The topological polar surface area (TPSA) is 35.2 Å². The molecule has 0 saturated carbocycles. The summed E-state index contributed by atoms with van der Waals surface area (Å²) in [7, 11) is 1.64. The van der Waals surface area contributed by atoms with Crippen molar-refractivity contribution >= 4 is 22.9 Å². The van der Waals surface area contributed by atoms with E-state index in [4.69, 9.17) is 22.1 Å². The van der Waals surface area contributed by atoms with Gasteiger partial charge in [-0.15, -0.1) is 11.3 Å². The largest absolute Gasteiger partial charge is 0.496 e. The molecule has 0 aliphatic heterocycles. The zero-order valence-electron chi connectivity index (χ0n) is 10.4. The summed E-state index contributed by atoms with van der Waals surface area (Å²) in [4.78, 5) is 2.47. The molecular formula is C14H16ClNOS. The maximum absolute atomic E-state index is 6.30. The quantitative estimate of drug-likeness (QED) is 0.919. The van der Waals surface area contributed by atoms with E-state index in [-0.39, 0.29) is 6.04 Å². The average Bonchev–Trinajstić information content (AvgIpc) is 2.86. The lowest BCUT2D eigenvalue weighted by atomic mass is 10.1. The minimum absolute atomic E-state index is 0.191. The van der Waals surface area contributed by atoms with Crippen LogP contribution in [0.3, 0.4) is 0 Å². The number of halogens is 1. The molecule has 0 radical (unpaired) electrons. The van der Waals surface area contributed by atoms with Crippen molar-refractivity contribution in [2.24, 2.45) is 5.73 Å². The Hall–Kier alpha value is -1.03. The van der Waals surface area contributed by atoms with Gasteiger partial charge in [-0.05, 0) is 36.8 Å². The number of rotatable bonds is 4. The summed E-state index contributed by atoms with van der Waals surface area (Å²) in [6, 6.07) is 9.54. The van der Waals surface area contributed by atoms with Crippen LogP contribution in [0.15, 0.2) is 30.3 Å². The molecule has 1 aromatic heterocycles. The number of ether oxygens (including phenoxy) is 1. The van der Waals surface area contributed by atoms with E-state index in [2.05, 4.69) is 19.1 Å². The van der Waals surface area contributed by atoms with Crippen LogP contribution in [-0.4, -0.2) is 7.11 Å². The van der Waals surface area contributed by atoms with Crippen molar-refractivity contribution in [1.82, 2.24) is 0 Å². The number of methoxy groups -OCH3 is 1. The highest BCUT2D eigenvalue weighted by atomic mass is 35.5. The Labute approximate surface area is 116 Å². The van der Waals surface area contributed by atoms with Gasteiger partial charge in [0, 0.05) is 20.3 Å². The summed E-state index contributed by atoms with van der Waals surface area (Å²) >= 11 is 7.77. The molecule has 0 amide bonds. The number of nitrogens with two attached hydrogens (primary N) is 1. The third kappa shape index (κ3) is 2.69. The molecule has 4 heteroatoms. The van der Waals surface area contributed by atoms with E-state index in [9.17, 15) is 0 Å². The Morgan fingerprint density at radius 1 is 1.33 bits per heavy atom. The molecule has 0 aliphatic carbocycles. The van der Waals surface area contributed by atoms with Crippen LogP contribution >= 0.6 is 22.9 Å². The third-order valence-electron chi connectivity index (χ3n) is 2.86. The zero-order valence-corrected chi connectivity index (χ0v) is 12.0. The molecule has 1 aromatic carbocycles. The normalized spacial score (nSPS) is 12.4. The fraction of sp³-hybridized carbons (Fsp3) is 0.286. The standard InChI is InChI=1S/C14H16ClNOS/c1-3-10-5-7-13(18-10)14(16)11-8-9(15)4-6-12(11)17-2/h4-8,14H,3,16H2,1-2H3. The molecule has 2 aromatic rings. The Bertz CT molecular complexity index is 538. The molecule has 0 fully saturated rings. The van der Waals surface area contributed by atoms with E-state index >= 15 is 0 Å². The second-order valence-electron chi connectivity index (χ2n) is 4.02. The van der Waals surface area contributed by atoms with Crippen molar-refractivity contribution in [1.29, 1.82) is 0 Å². The van der Waals surface area contributed by atoms with E-state index < -0.39 is 0 Å². The van der Waals surface area contributed by atoms with Crippen molar-refractivity contribution in [3.05, 3.63) is 50.7 Å². The van der Waals surface area contributed by atoms with Crippen molar-refractivity contribution < 1.29 is 4.74 Å². The van der Waals surface area contributed by atoms with Crippen molar-refractivity contribution in [3.8, 4) is 5.75 Å². The highest BCUT2D eigenvalue weighted by molar-refractivity contribution is 7.12. The maximum Gasteiger partial charge on any atom is 0.124 e. The molecule has 2 rings (SSSR count). The molecule has 1 unspecified atom stereocenters. The molecule has 2 N–H and O–H groups in total. The van der Waals surface area contributed by atoms with Crippen LogP contribution in [0.5, 0.6) is 5.75 Å². The van der Waals surface area contributed by atoms with Crippen LogP contribution < -0.4 is 10.5 Å². The van der Waals surface area contributed by atoms with E-state index in [0.717, 1.165) is 22.6 Å². The van der Waals surface area contributed by atoms with Crippen LogP contribution in [0, 0.1) is 0 Å². The SMILES string of the molecule is CCc1ccc(C(N)c2cc(Cl)ccc2OC)s1. The second kappa shape index (κ2) is 5.74. The minimum atomic E-state index is -0.191. The van der Waals surface area contributed by atoms with Gasteiger partial charge in [-0.25, -0.2) is 0 Å². The first-order chi connectivity index (χ1) is 8.65. The lowest BCUT2D eigenvalue weighted by Crippen LogP contribution is -2.11. The van der Waals surface area contributed by atoms with Gasteiger partial charge in [0.2, 0.25) is 0 Å². The van der Waals surface area contributed by atoms with Gasteiger partial charge in [-0.2, -0.15) is 0 Å². The van der Waals surface area contributed by atoms with Gasteiger partial charge in [0.15, 0.2) is 0 Å². The summed E-state index contributed by atoms with van der Waals surface area (Å²) in [6.07, 6.45) is 1.03. The smallest absolute Gasteiger partial charge is 0.124 e. The molecule has 0 aliphatic rings. The molecule has 0 saturated heterocycles. The lowest BCUT2D eigenvalue weighted by Gasteiger charge is -2.14. The maximum atomic E-state index is 6.30. The Kier molecular flexibility index (Phi) is 4.27. The first-order valence-corrected chi connectivity index (χ1v) is 7.02. The van der Waals surface area contributed by atoms with Gasteiger partial charge in [0.1, 0.15) is 5.75 Å². The Morgan fingerprint density at radius 3 is 2.72 bits per heavy atom. The van der Waals surface area contributed by atoms with E-state index in [0.29, 0.717) is 5.02 Å². The second-order valence-corrected chi connectivity index (χ2v) is 5.66. The van der Waals surface area contributed by atoms with Gasteiger partial charge < -0.3 is 10.5 Å². The Morgan fingerprint density at radius 2 is 2.11 bits per heavy atom. The van der Waals surface area contributed by atoms with E-state index in [1.807, 2.05) is 18.2 Å². The van der Waals surface area contributed by atoms with Crippen molar-refractivity contribution in [2.45, 2.75) is 19.4 Å². The molecule has 0 spiro atoms. The summed E-state index contributed by atoms with van der Waals surface area (Å²) in [6.45, 7) is 2.14. The third-order valence-corrected chi connectivity index (χ3v) is 4.41. The van der Waals surface area contributed by atoms with Gasteiger partial charge >= 0.3 is 0 Å². The number of benzene rings is 1. The van der Waals surface area contributed by atoms with Crippen LogP contribution in [0.25, 0.3) is 0 Å². The first-order valence-electron chi connectivity index (χ1n) is 5.83. The van der Waals surface area contributed by atoms with Crippen molar-refractivity contribution in [2.75, 3.05) is 7.11 Å². The van der Waals surface area contributed by atoms with Gasteiger partial charge in [0.25, 0.3) is 0 Å². The predicted molar refractivity (Wildman–Crippen MR) is 77.7 cm³/mol.